The van der Waals surface area contributed by atoms with E-state index in [9.17, 15) is 14.9 Å². The maximum atomic E-state index is 12.2. The van der Waals surface area contributed by atoms with Gasteiger partial charge in [0.2, 0.25) is 0 Å². The van der Waals surface area contributed by atoms with Gasteiger partial charge in [-0.1, -0.05) is 17.7 Å². The largest absolute Gasteiger partial charge is 0.345 e. The van der Waals surface area contributed by atoms with Crippen LogP contribution in [-0.2, 0) is 0 Å². The fraction of sp³-hybridized carbons (Fsp3) is 0.143. The molecule has 0 aliphatic carbocycles. The van der Waals surface area contributed by atoms with Gasteiger partial charge < -0.3 is 5.32 Å². The van der Waals surface area contributed by atoms with Crippen molar-refractivity contribution < 1.29 is 9.72 Å². The van der Waals surface area contributed by atoms with E-state index in [0.717, 1.165) is 5.56 Å². The van der Waals surface area contributed by atoms with E-state index in [1.807, 2.05) is 6.07 Å². The molecule has 2 aromatic rings. The number of pyridine rings is 1. The second kappa shape index (κ2) is 6.32. The van der Waals surface area contributed by atoms with Crippen molar-refractivity contribution in [3.8, 4) is 0 Å². The number of hydrogen-bond acceptors (Lipinski definition) is 4. The molecule has 0 aliphatic rings. The maximum absolute atomic E-state index is 12.2. The molecule has 7 heteroatoms. The van der Waals surface area contributed by atoms with Crippen molar-refractivity contribution >= 4 is 23.2 Å². The summed E-state index contributed by atoms with van der Waals surface area (Å²) in [6.07, 6.45) is 3.25. The molecule has 6 nitrogen and oxygen atoms in total. The van der Waals surface area contributed by atoms with E-state index in [1.165, 1.54) is 18.2 Å². The predicted octanol–water partition coefficient (Wildman–Crippen LogP) is 3.13. The average molecular weight is 306 g/mol. The van der Waals surface area contributed by atoms with E-state index >= 15 is 0 Å². The fourth-order valence-corrected chi connectivity index (χ4v) is 2.01. The van der Waals surface area contributed by atoms with Crippen LogP contribution >= 0.6 is 11.6 Å². The lowest BCUT2D eigenvalue weighted by molar-refractivity contribution is -0.385. The highest BCUT2D eigenvalue weighted by atomic mass is 35.5. The molecular formula is C14H12ClN3O3. The van der Waals surface area contributed by atoms with Crippen LogP contribution in [0, 0.1) is 10.1 Å². The Labute approximate surface area is 125 Å². The summed E-state index contributed by atoms with van der Waals surface area (Å²) in [5.41, 5.74) is 0.453. The number of benzene rings is 1. The summed E-state index contributed by atoms with van der Waals surface area (Å²) in [6.45, 7) is 1.77. The highest BCUT2D eigenvalue weighted by molar-refractivity contribution is 6.31. The van der Waals surface area contributed by atoms with Gasteiger partial charge in [-0.05, 0) is 30.7 Å². The van der Waals surface area contributed by atoms with E-state index in [1.54, 1.807) is 25.4 Å². The van der Waals surface area contributed by atoms with Crippen molar-refractivity contribution in [3.05, 3.63) is 69.0 Å². The van der Waals surface area contributed by atoms with Crippen LogP contribution in [0.3, 0.4) is 0 Å². The summed E-state index contributed by atoms with van der Waals surface area (Å²) in [5, 5.41) is 13.9. The summed E-state index contributed by atoms with van der Waals surface area (Å²) >= 11 is 5.81. The van der Waals surface area contributed by atoms with Gasteiger partial charge in [0.25, 0.3) is 11.6 Å². The van der Waals surface area contributed by atoms with Gasteiger partial charge in [0.05, 0.1) is 11.0 Å². The fourth-order valence-electron chi connectivity index (χ4n) is 1.84. The Hall–Kier alpha value is -2.47. The minimum Gasteiger partial charge on any atom is -0.345 e. The smallest absolute Gasteiger partial charge is 0.282 e. The lowest BCUT2D eigenvalue weighted by atomic mass is 10.1. The SMILES string of the molecule is CC(NC(=O)c1cc(Cl)ccc1[N+](=O)[O-])c1cccnc1. The van der Waals surface area contributed by atoms with Crippen LogP contribution in [0.4, 0.5) is 5.69 Å². The minimum atomic E-state index is -0.611. The number of aromatic nitrogens is 1. The molecule has 0 aliphatic heterocycles. The van der Waals surface area contributed by atoms with Crippen molar-refractivity contribution in [1.29, 1.82) is 0 Å². The standard InChI is InChI=1S/C14H12ClN3O3/c1-9(10-3-2-6-16-8-10)17-14(19)12-7-11(15)4-5-13(12)18(20)21/h2-9H,1H3,(H,17,19). The van der Waals surface area contributed by atoms with Gasteiger partial charge in [-0.3, -0.25) is 19.9 Å². The van der Waals surface area contributed by atoms with Crippen LogP contribution in [0.2, 0.25) is 5.02 Å². The first-order chi connectivity index (χ1) is 9.99. The molecule has 0 saturated heterocycles. The van der Waals surface area contributed by atoms with Gasteiger partial charge in [-0.15, -0.1) is 0 Å². The monoisotopic (exact) mass is 305 g/mol. The predicted molar refractivity (Wildman–Crippen MR) is 78.2 cm³/mol. The molecule has 0 spiro atoms. The first-order valence-electron chi connectivity index (χ1n) is 6.14. The summed E-state index contributed by atoms with van der Waals surface area (Å²) in [7, 11) is 0. The molecule has 0 saturated carbocycles. The molecule has 1 unspecified atom stereocenters. The van der Waals surface area contributed by atoms with Crippen molar-refractivity contribution in [2.75, 3.05) is 0 Å². The molecule has 0 fully saturated rings. The number of amides is 1. The van der Waals surface area contributed by atoms with E-state index in [2.05, 4.69) is 10.3 Å². The van der Waals surface area contributed by atoms with E-state index in [-0.39, 0.29) is 22.3 Å². The zero-order valence-corrected chi connectivity index (χ0v) is 11.9. The van der Waals surface area contributed by atoms with Gasteiger partial charge in [-0.25, -0.2) is 0 Å². The number of rotatable bonds is 4. The Morgan fingerprint density at radius 3 is 2.81 bits per heavy atom. The van der Waals surface area contributed by atoms with Crippen LogP contribution in [0.15, 0.2) is 42.7 Å². The summed E-state index contributed by atoms with van der Waals surface area (Å²) < 4.78 is 0. The summed E-state index contributed by atoms with van der Waals surface area (Å²) in [5.74, 6) is -0.555. The van der Waals surface area contributed by atoms with Gasteiger partial charge in [0.15, 0.2) is 0 Å². The van der Waals surface area contributed by atoms with Crippen molar-refractivity contribution in [1.82, 2.24) is 10.3 Å². The summed E-state index contributed by atoms with van der Waals surface area (Å²) in [6, 6.07) is 7.10. The maximum Gasteiger partial charge on any atom is 0.282 e. The quantitative estimate of drug-likeness (QED) is 0.694. The van der Waals surface area contributed by atoms with Crippen molar-refractivity contribution in [2.24, 2.45) is 0 Å². The van der Waals surface area contributed by atoms with Gasteiger partial charge in [0.1, 0.15) is 5.56 Å². The topological polar surface area (TPSA) is 85.1 Å². The number of halogens is 1. The second-order valence-electron chi connectivity index (χ2n) is 4.40. The van der Waals surface area contributed by atoms with Crippen LogP contribution in [0.5, 0.6) is 0 Å². The van der Waals surface area contributed by atoms with E-state index < -0.39 is 10.8 Å². The lowest BCUT2D eigenvalue weighted by Gasteiger charge is -2.14. The number of nitrogens with zero attached hydrogens (tertiary/aromatic N) is 2. The molecule has 1 heterocycles. The molecule has 0 bridgehead atoms. The molecule has 108 valence electrons. The van der Waals surface area contributed by atoms with Crippen LogP contribution in [-0.4, -0.2) is 15.8 Å². The minimum absolute atomic E-state index is 0.0664. The number of carbonyl (C=O) groups excluding carboxylic acids is 1. The second-order valence-corrected chi connectivity index (χ2v) is 4.84. The average Bonchev–Trinajstić information content (AvgIpc) is 2.47. The number of nitrogens with one attached hydrogen (secondary N) is 1. The summed E-state index contributed by atoms with van der Waals surface area (Å²) in [4.78, 5) is 26.5. The zero-order valence-electron chi connectivity index (χ0n) is 11.1. The third-order valence-corrected chi connectivity index (χ3v) is 3.17. The zero-order chi connectivity index (χ0) is 15.4. The number of carbonyl (C=O) groups is 1. The van der Waals surface area contributed by atoms with Crippen LogP contribution in [0.1, 0.15) is 28.9 Å². The molecule has 1 aromatic carbocycles. The molecule has 1 atom stereocenters. The molecule has 0 radical (unpaired) electrons. The van der Waals surface area contributed by atoms with Crippen molar-refractivity contribution in [2.45, 2.75) is 13.0 Å². The Kier molecular flexibility index (Phi) is 4.49. The first-order valence-corrected chi connectivity index (χ1v) is 6.51. The number of nitro groups is 1. The molecule has 1 aromatic heterocycles. The highest BCUT2D eigenvalue weighted by Gasteiger charge is 2.22. The normalized spacial score (nSPS) is 11.7. The van der Waals surface area contributed by atoms with E-state index in [0.29, 0.717) is 0 Å². The first kappa shape index (κ1) is 14.9. The Morgan fingerprint density at radius 2 is 2.19 bits per heavy atom. The van der Waals surface area contributed by atoms with Gasteiger partial charge in [-0.2, -0.15) is 0 Å². The lowest BCUT2D eigenvalue weighted by Crippen LogP contribution is -2.27. The Morgan fingerprint density at radius 1 is 1.43 bits per heavy atom. The third-order valence-electron chi connectivity index (χ3n) is 2.93. The third kappa shape index (κ3) is 3.55. The van der Waals surface area contributed by atoms with Gasteiger partial charge >= 0.3 is 0 Å². The molecule has 2 rings (SSSR count). The van der Waals surface area contributed by atoms with E-state index in [4.69, 9.17) is 11.6 Å². The van der Waals surface area contributed by atoms with Crippen LogP contribution in [0.25, 0.3) is 0 Å². The van der Waals surface area contributed by atoms with Crippen molar-refractivity contribution in [3.63, 3.8) is 0 Å². The highest BCUT2D eigenvalue weighted by Crippen LogP contribution is 2.23. The van der Waals surface area contributed by atoms with Crippen LogP contribution < -0.4 is 5.32 Å². The number of hydrogen-bond donors (Lipinski definition) is 1. The van der Waals surface area contributed by atoms with Gasteiger partial charge in [0, 0.05) is 23.5 Å². The molecule has 1 N–H and O–H groups in total. The Balaban J connectivity index is 2.25. The number of nitro benzene ring substituents is 1. The molecular weight excluding hydrogens is 294 g/mol. The Bertz CT molecular complexity index is 676. The molecule has 1 amide bonds. The molecule has 21 heavy (non-hydrogen) atoms.